The van der Waals surface area contributed by atoms with Gasteiger partial charge in [-0.3, -0.25) is 0 Å². The van der Waals surface area contributed by atoms with Gasteiger partial charge in [-0.2, -0.15) is 0 Å². The summed E-state index contributed by atoms with van der Waals surface area (Å²) in [5.41, 5.74) is 0.812. The Kier molecular flexibility index (Phi) is 3.45. The molecule has 0 bridgehead atoms. The number of fused-ring (bicyclic) bond motifs is 1. The minimum atomic E-state index is 0.0192. The predicted octanol–water partition coefficient (Wildman–Crippen LogP) is 3.97. The highest BCUT2D eigenvalue weighted by molar-refractivity contribution is 6.34. The third-order valence-corrected chi connectivity index (χ3v) is 3.46. The molecule has 0 radical (unpaired) electrons. The summed E-state index contributed by atoms with van der Waals surface area (Å²) in [6.07, 6.45) is 1.03. The fourth-order valence-electron chi connectivity index (χ4n) is 1.92. The summed E-state index contributed by atoms with van der Waals surface area (Å²) in [6.45, 7) is 5.35. The highest BCUT2D eigenvalue weighted by atomic mass is 35.5. The van der Waals surface area contributed by atoms with Gasteiger partial charge in [-0.05, 0) is 32.1 Å². The Labute approximate surface area is 107 Å². The number of hydrogen-bond donors (Lipinski definition) is 1. The number of benzene rings is 1. The van der Waals surface area contributed by atoms with Gasteiger partial charge in [0.2, 0.25) is 0 Å². The second-order valence-electron chi connectivity index (χ2n) is 5.01. The average Bonchev–Trinajstić information content (AvgIpc) is 2.72. The van der Waals surface area contributed by atoms with Crippen LogP contribution in [0.2, 0.25) is 5.02 Å². The van der Waals surface area contributed by atoms with Crippen molar-refractivity contribution in [1.82, 2.24) is 5.32 Å². The highest BCUT2D eigenvalue weighted by Crippen LogP contribution is 2.34. The highest BCUT2D eigenvalue weighted by Gasteiger charge is 2.24. The molecular weight excluding hydrogens is 234 g/mol. The lowest BCUT2D eigenvalue weighted by Crippen LogP contribution is -2.22. The van der Waals surface area contributed by atoms with E-state index in [-0.39, 0.29) is 5.41 Å². The molecule has 0 saturated carbocycles. The summed E-state index contributed by atoms with van der Waals surface area (Å²) in [6, 6.07) is 7.93. The first-order valence-electron chi connectivity index (χ1n) is 5.88. The summed E-state index contributed by atoms with van der Waals surface area (Å²) < 4.78 is 5.90. The lowest BCUT2D eigenvalue weighted by atomic mass is 9.86. The Morgan fingerprint density at radius 1 is 1.35 bits per heavy atom. The zero-order valence-electron chi connectivity index (χ0n) is 10.5. The molecule has 17 heavy (non-hydrogen) atoms. The molecule has 0 atom stereocenters. The van der Waals surface area contributed by atoms with Gasteiger partial charge in [0.1, 0.15) is 5.76 Å². The first kappa shape index (κ1) is 12.5. The van der Waals surface area contributed by atoms with Crippen LogP contribution in [-0.2, 0) is 5.41 Å². The maximum atomic E-state index is 6.12. The Morgan fingerprint density at radius 2 is 2.12 bits per heavy atom. The van der Waals surface area contributed by atoms with Gasteiger partial charge >= 0.3 is 0 Å². The number of hydrogen-bond acceptors (Lipinski definition) is 2. The molecule has 92 valence electrons. The average molecular weight is 252 g/mol. The van der Waals surface area contributed by atoms with E-state index in [1.165, 1.54) is 0 Å². The molecule has 0 spiro atoms. The molecule has 1 heterocycles. The van der Waals surface area contributed by atoms with Crippen LogP contribution in [0, 0.1) is 0 Å². The van der Waals surface area contributed by atoms with Crippen LogP contribution in [0.4, 0.5) is 0 Å². The summed E-state index contributed by atoms with van der Waals surface area (Å²) in [5, 5.41) is 4.92. The van der Waals surface area contributed by atoms with E-state index in [1.54, 1.807) is 0 Å². The minimum absolute atomic E-state index is 0.0192. The van der Waals surface area contributed by atoms with Crippen molar-refractivity contribution in [2.24, 2.45) is 0 Å². The van der Waals surface area contributed by atoms with E-state index in [2.05, 4.69) is 25.2 Å². The largest absolute Gasteiger partial charge is 0.459 e. The van der Waals surface area contributed by atoms with Crippen molar-refractivity contribution in [3.8, 4) is 0 Å². The number of furan rings is 1. The zero-order chi connectivity index (χ0) is 12.5. The lowest BCUT2D eigenvalue weighted by Gasteiger charge is -2.21. The van der Waals surface area contributed by atoms with Crippen LogP contribution in [0.15, 0.2) is 28.7 Å². The van der Waals surface area contributed by atoms with Crippen molar-refractivity contribution in [1.29, 1.82) is 0 Å². The van der Waals surface area contributed by atoms with Crippen molar-refractivity contribution in [2.75, 3.05) is 13.6 Å². The van der Waals surface area contributed by atoms with Crippen LogP contribution in [0.1, 0.15) is 26.0 Å². The predicted molar refractivity (Wildman–Crippen MR) is 72.8 cm³/mol. The smallest absolute Gasteiger partial charge is 0.152 e. The van der Waals surface area contributed by atoms with E-state index >= 15 is 0 Å². The SMILES string of the molecule is CNCCC(C)(C)c1cc2cccc(Cl)c2o1. The number of nitrogens with one attached hydrogen (secondary N) is 1. The quantitative estimate of drug-likeness (QED) is 0.889. The van der Waals surface area contributed by atoms with E-state index < -0.39 is 0 Å². The van der Waals surface area contributed by atoms with Crippen molar-refractivity contribution >= 4 is 22.6 Å². The molecule has 0 aliphatic carbocycles. The molecule has 0 aliphatic heterocycles. The third-order valence-electron chi connectivity index (χ3n) is 3.16. The van der Waals surface area contributed by atoms with E-state index in [9.17, 15) is 0 Å². The normalized spacial score (nSPS) is 12.2. The van der Waals surface area contributed by atoms with Gasteiger partial charge in [0, 0.05) is 10.8 Å². The molecule has 3 heteroatoms. The maximum absolute atomic E-state index is 6.12. The molecule has 2 rings (SSSR count). The van der Waals surface area contributed by atoms with Crippen molar-refractivity contribution in [3.05, 3.63) is 35.0 Å². The first-order chi connectivity index (χ1) is 8.04. The number of para-hydroxylation sites is 1. The van der Waals surface area contributed by atoms with Crippen LogP contribution >= 0.6 is 11.6 Å². The summed E-state index contributed by atoms with van der Waals surface area (Å²) in [5.74, 6) is 0.996. The Morgan fingerprint density at radius 3 is 2.76 bits per heavy atom. The molecule has 1 aromatic heterocycles. The van der Waals surface area contributed by atoms with Crippen LogP contribution in [0.5, 0.6) is 0 Å². The first-order valence-corrected chi connectivity index (χ1v) is 6.25. The summed E-state index contributed by atoms with van der Waals surface area (Å²) in [7, 11) is 1.96. The third kappa shape index (κ3) is 2.48. The molecule has 2 nitrogen and oxygen atoms in total. The standard InChI is InChI=1S/C14H18ClNO/c1-14(2,7-8-16-3)12-9-10-5-4-6-11(15)13(10)17-12/h4-6,9,16H,7-8H2,1-3H3. The minimum Gasteiger partial charge on any atom is -0.459 e. The number of halogens is 1. The summed E-state index contributed by atoms with van der Waals surface area (Å²) >= 11 is 6.12. The van der Waals surface area contributed by atoms with Crippen molar-refractivity contribution < 1.29 is 4.42 Å². The van der Waals surface area contributed by atoms with Gasteiger partial charge in [0.15, 0.2) is 5.58 Å². The molecular formula is C14H18ClNO. The Balaban J connectivity index is 2.39. The maximum Gasteiger partial charge on any atom is 0.152 e. The van der Waals surface area contributed by atoms with Gasteiger partial charge in [0.05, 0.1) is 5.02 Å². The van der Waals surface area contributed by atoms with Gasteiger partial charge in [-0.15, -0.1) is 0 Å². The molecule has 1 N–H and O–H groups in total. The topological polar surface area (TPSA) is 25.2 Å². The molecule has 0 amide bonds. The molecule has 2 aromatic rings. The second kappa shape index (κ2) is 4.71. The fourth-order valence-corrected chi connectivity index (χ4v) is 2.14. The second-order valence-corrected chi connectivity index (χ2v) is 5.41. The van der Waals surface area contributed by atoms with E-state index in [0.717, 1.165) is 29.7 Å². The molecule has 0 unspecified atom stereocenters. The summed E-state index contributed by atoms with van der Waals surface area (Å²) in [4.78, 5) is 0. The molecule has 1 aromatic carbocycles. The van der Waals surface area contributed by atoms with Crippen molar-refractivity contribution in [3.63, 3.8) is 0 Å². The van der Waals surface area contributed by atoms with Crippen molar-refractivity contribution in [2.45, 2.75) is 25.7 Å². The van der Waals surface area contributed by atoms with E-state index in [1.807, 2.05) is 25.2 Å². The molecule has 0 aliphatic rings. The van der Waals surface area contributed by atoms with Crippen LogP contribution in [0.25, 0.3) is 11.0 Å². The molecule has 0 fully saturated rings. The van der Waals surface area contributed by atoms with Gasteiger partial charge in [-0.1, -0.05) is 37.6 Å². The fraction of sp³-hybridized carbons (Fsp3) is 0.429. The van der Waals surface area contributed by atoms with Gasteiger partial charge < -0.3 is 9.73 Å². The Bertz CT molecular complexity index is 516. The van der Waals surface area contributed by atoms with Crippen LogP contribution in [-0.4, -0.2) is 13.6 Å². The lowest BCUT2D eigenvalue weighted by molar-refractivity contribution is 0.375. The number of rotatable bonds is 4. The van der Waals surface area contributed by atoms with Gasteiger partial charge in [0.25, 0.3) is 0 Å². The molecule has 0 saturated heterocycles. The Hall–Kier alpha value is -0.990. The van der Waals surface area contributed by atoms with Crippen LogP contribution in [0.3, 0.4) is 0 Å². The monoisotopic (exact) mass is 251 g/mol. The zero-order valence-corrected chi connectivity index (χ0v) is 11.3. The van der Waals surface area contributed by atoms with Crippen LogP contribution < -0.4 is 5.32 Å². The van der Waals surface area contributed by atoms with E-state index in [0.29, 0.717) is 5.02 Å². The van der Waals surface area contributed by atoms with E-state index in [4.69, 9.17) is 16.0 Å². The van der Waals surface area contributed by atoms with Gasteiger partial charge in [-0.25, -0.2) is 0 Å².